The van der Waals surface area contributed by atoms with Gasteiger partial charge in [0.2, 0.25) is 0 Å². The number of carbonyl (C=O) groups excluding carboxylic acids is 6. The maximum atomic E-state index is 12.3. The number of methoxy groups -OCH3 is 3. The molecule has 2 aromatic carbocycles. The Bertz CT molecular complexity index is 3000. The van der Waals surface area contributed by atoms with E-state index < -0.39 is 16.8 Å². The quantitative estimate of drug-likeness (QED) is 0.0868. The van der Waals surface area contributed by atoms with Crippen molar-refractivity contribution in [2.24, 2.45) is 29.6 Å². The number of fused-ring (bicyclic) bond motifs is 3. The lowest BCUT2D eigenvalue weighted by molar-refractivity contribution is -0.143. The van der Waals surface area contributed by atoms with Crippen molar-refractivity contribution in [3.05, 3.63) is 101 Å². The molecule has 4 aliphatic heterocycles. The molecular weight excluding hydrogens is 1180 g/mol. The van der Waals surface area contributed by atoms with Gasteiger partial charge in [-0.25, -0.2) is 14.4 Å². The number of rotatable bonds is 15. The van der Waals surface area contributed by atoms with Gasteiger partial charge in [-0.1, -0.05) is 64.7 Å². The minimum atomic E-state index is -0.484. The summed E-state index contributed by atoms with van der Waals surface area (Å²) in [6, 6.07) is 20.8. The molecule has 6 heterocycles. The van der Waals surface area contributed by atoms with Gasteiger partial charge in [0, 0.05) is 81.4 Å². The highest BCUT2D eigenvalue weighted by Crippen LogP contribution is 2.39. The number of aromatic nitrogens is 2. The number of ether oxygens (including phenoxy) is 6. The molecule has 1 aliphatic carbocycles. The molecule has 3 fully saturated rings. The summed E-state index contributed by atoms with van der Waals surface area (Å²) in [4.78, 5) is 87.9. The summed E-state index contributed by atoms with van der Waals surface area (Å²) in [6.07, 6.45) is 18.2. The van der Waals surface area contributed by atoms with E-state index >= 15 is 0 Å². The molecule has 0 spiro atoms. The van der Waals surface area contributed by atoms with Gasteiger partial charge in [0.05, 0.1) is 39.7 Å². The number of hydrogen-bond donors (Lipinski definition) is 1. The van der Waals surface area contributed by atoms with Gasteiger partial charge in [-0.2, -0.15) is 0 Å². The fraction of sp³-hybridized carbons (Fsp3) is 0.653. The maximum absolute atomic E-state index is 12.3. The van der Waals surface area contributed by atoms with E-state index in [2.05, 4.69) is 46.7 Å². The minimum Gasteiger partial charge on any atom is -0.469 e. The summed E-state index contributed by atoms with van der Waals surface area (Å²) in [5.74, 6) is 1.73. The van der Waals surface area contributed by atoms with Crippen LogP contribution in [0.3, 0.4) is 0 Å². The molecule has 1 N–H and O–H groups in total. The van der Waals surface area contributed by atoms with Crippen molar-refractivity contribution < 1.29 is 57.2 Å². The molecule has 18 heteroatoms. The Labute approximate surface area is 557 Å². The van der Waals surface area contributed by atoms with Crippen LogP contribution >= 0.6 is 0 Å². The Morgan fingerprint density at radius 3 is 1.42 bits per heavy atom. The average molecular weight is 1290 g/mol. The molecule has 2 aromatic heterocycles. The van der Waals surface area contributed by atoms with Crippen LogP contribution in [0.15, 0.2) is 73.1 Å². The Balaban J connectivity index is 0.000000293. The lowest BCUT2D eigenvalue weighted by atomic mass is 9.75. The molecule has 9 rings (SSSR count). The molecule has 518 valence electrons. The average Bonchev–Trinajstić information content (AvgIpc) is 0.896. The Morgan fingerprint density at radius 2 is 0.935 bits per heavy atom. The van der Waals surface area contributed by atoms with Crippen molar-refractivity contribution in [2.45, 2.75) is 222 Å². The van der Waals surface area contributed by atoms with Gasteiger partial charge in [0.25, 0.3) is 0 Å². The fourth-order valence-corrected chi connectivity index (χ4v) is 13.2. The maximum Gasteiger partial charge on any atom is 0.410 e. The number of nitrogens with one attached hydrogen (secondary N) is 1. The van der Waals surface area contributed by atoms with E-state index in [9.17, 15) is 28.8 Å². The molecule has 0 saturated carbocycles. The third kappa shape index (κ3) is 25.4. The van der Waals surface area contributed by atoms with Gasteiger partial charge in [-0.05, 0) is 234 Å². The van der Waals surface area contributed by atoms with Crippen LogP contribution < -0.4 is 5.32 Å². The van der Waals surface area contributed by atoms with Gasteiger partial charge < -0.3 is 48.4 Å². The van der Waals surface area contributed by atoms with Crippen LogP contribution in [0.5, 0.6) is 0 Å². The zero-order chi connectivity index (χ0) is 65.2. The number of aryl methyl sites for hydroxylation is 2. The zero-order valence-electron chi connectivity index (χ0n) is 56.1. The van der Waals surface area contributed by atoms with E-state index in [0.717, 1.165) is 119 Å². The lowest BCUT2D eigenvalue weighted by Gasteiger charge is -2.37. The molecule has 0 bridgehead atoms. The first-order chi connectivity index (χ1) is 42.7. The summed E-state index contributed by atoms with van der Waals surface area (Å²) >= 11 is 0. The summed E-state index contributed by atoms with van der Waals surface area (Å²) in [5, 5.41) is 4.62. The molecular formula is C75H116N6O12. The second-order valence-electron chi connectivity index (χ2n) is 28.5. The number of nitrogens with zero attached hydrogens (tertiary/aromatic N) is 5. The van der Waals surface area contributed by atoms with Crippen molar-refractivity contribution >= 4 is 52.8 Å². The van der Waals surface area contributed by atoms with E-state index in [1.807, 2.05) is 104 Å². The minimum absolute atomic E-state index is 0. The monoisotopic (exact) mass is 1290 g/mol. The number of para-hydroxylation sites is 2. The molecule has 5 aliphatic rings. The summed E-state index contributed by atoms with van der Waals surface area (Å²) in [6.45, 7) is 22.1. The number of esters is 3. The van der Waals surface area contributed by atoms with Crippen LogP contribution in [0.25, 0.3) is 10.9 Å². The molecule has 3 amide bonds. The number of hydrogen-bond acceptors (Lipinski definition) is 15. The van der Waals surface area contributed by atoms with Crippen LogP contribution in [0.4, 0.5) is 20.1 Å². The van der Waals surface area contributed by atoms with Crippen molar-refractivity contribution in [2.75, 3.05) is 72.5 Å². The van der Waals surface area contributed by atoms with E-state index in [0.29, 0.717) is 69.1 Å². The summed E-state index contributed by atoms with van der Waals surface area (Å²) in [7, 11) is 4.34. The Hall–Kier alpha value is -6.98. The predicted octanol–water partition coefficient (Wildman–Crippen LogP) is 16.0. The van der Waals surface area contributed by atoms with E-state index in [4.69, 9.17) is 33.4 Å². The van der Waals surface area contributed by atoms with Crippen LogP contribution in [0, 0.1) is 29.6 Å². The molecule has 1 unspecified atom stereocenters. The highest BCUT2D eigenvalue weighted by molar-refractivity contribution is 5.79. The third-order valence-corrected chi connectivity index (χ3v) is 18.1. The van der Waals surface area contributed by atoms with Crippen molar-refractivity contribution in [1.29, 1.82) is 0 Å². The smallest absolute Gasteiger partial charge is 0.410 e. The first kappa shape index (κ1) is 78.5. The second kappa shape index (κ2) is 36.6. The van der Waals surface area contributed by atoms with Gasteiger partial charge in [0.1, 0.15) is 16.8 Å². The molecule has 4 aromatic rings. The van der Waals surface area contributed by atoms with E-state index in [1.165, 1.54) is 56.7 Å². The standard InChI is InChI=1S/2C24H36N2O4.C24H32N2O4.3CH4/c3*1-24(2,3)30-23(28)26-11-9-17(10-12-26)13-19(15-22(27)29-4)20-14-18-7-5-6-8-21(18)25-16-20;;;/h14,16-17,19H,5-13,15H2,1-4H3;5-8,17,19-20,25H,9-16H2,1-4H3;5-8,14,16-17,19H,9-13,15H2,1-4H3;3*1H4/t19-;19-,20?;19-;;;/m000.../s1. The molecule has 18 nitrogen and oxygen atoms in total. The largest absolute Gasteiger partial charge is 0.469 e. The Kier molecular flexibility index (Phi) is 30.9. The molecule has 0 radical (unpaired) electrons. The number of carbonyl (C=O) groups is 6. The van der Waals surface area contributed by atoms with Gasteiger partial charge in [0.15, 0.2) is 0 Å². The van der Waals surface area contributed by atoms with E-state index in [1.54, 1.807) is 9.80 Å². The third-order valence-electron chi connectivity index (χ3n) is 18.1. The lowest BCUT2D eigenvalue weighted by Crippen LogP contribution is -2.42. The van der Waals surface area contributed by atoms with Crippen molar-refractivity contribution in [3.8, 4) is 0 Å². The predicted molar refractivity (Wildman–Crippen MR) is 369 cm³/mol. The van der Waals surface area contributed by atoms with Crippen LogP contribution in [-0.2, 0) is 62.1 Å². The van der Waals surface area contributed by atoms with Crippen molar-refractivity contribution in [1.82, 2.24) is 24.7 Å². The highest BCUT2D eigenvalue weighted by Gasteiger charge is 2.35. The fourth-order valence-electron chi connectivity index (χ4n) is 13.2. The van der Waals surface area contributed by atoms with Gasteiger partial charge in [-0.15, -0.1) is 0 Å². The number of benzene rings is 2. The van der Waals surface area contributed by atoms with Crippen LogP contribution in [0.2, 0.25) is 0 Å². The molecule has 4 atom stereocenters. The molecule has 93 heavy (non-hydrogen) atoms. The number of amides is 3. The van der Waals surface area contributed by atoms with Crippen LogP contribution in [0.1, 0.15) is 214 Å². The Morgan fingerprint density at radius 1 is 0.516 bits per heavy atom. The van der Waals surface area contributed by atoms with E-state index in [-0.39, 0.29) is 76.2 Å². The SMILES string of the molecule is C.C.C.COC(=O)C[C@H](CC1CCN(C(=O)OC(C)(C)C)CC1)C1CNc2ccccc2C1.COC(=O)C[C@H](CC1CCN(C(=O)OC(C)(C)C)CC1)c1cnc2c(c1)CCCC2.COC(=O)C[C@H](CC1CCN(C(=O)OC(C)(C)C)CC1)c1cnc2ccccc2c1. The normalized spacial score (nSPS) is 17.9. The molecule has 3 saturated heterocycles. The zero-order valence-corrected chi connectivity index (χ0v) is 56.1. The number of anilines is 1. The number of likely N-dealkylation sites (tertiary alicyclic amines) is 3. The summed E-state index contributed by atoms with van der Waals surface area (Å²) < 4.78 is 31.4. The van der Waals surface area contributed by atoms with Gasteiger partial charge in [-0.3, -0.25) is 24.4 Å². The first-order valence-corrected chi connectivity index (χ1v) is 33.0. The number of pyridine rings is 2. The van der Waals surface area contributed by atoms with Gasteiger partial charge >= 0.3 is 36.2 Å². The van der Waals surface area contributed by atoms with Crippen molar-refractivity contribution in [3.63, 3.8) is 0 Å². The highest BCUT2D eigenvalue weighted by atomic mass is 16.6. The first-order valence-electron chi connectivity index (χ1n) is 33.0. The van der Waals surface area contributed by atoms with Crippen LogP contribution in [-0.4, -0.2) is 145 Å². The second-order valence-corrected chi connectivity index (χ2v) is 28.5. The topological polar surface area (TPSA) is 205 Å². The summed E-state index contributed by atoms with van der Waals surface area (Å²) in [5.41, 5.74) is 6.82. The number of piperidine rings is 3.